The van der Waals surface area contributed by atoms with Crippen LogP contribution in [-0.2, 0) is 10.0 Å². The Hall–Kier alpha value is -3.08. The molecule has 0 amide bonds. The summed E-state index contributed by atoms with van der Waals surface area (Å²) < 4.78 is 73.8. The minimum atomic E-state index is -4.25. The van der Waals surface area contributed by atoms with Crippen LogP contribution in [0, 0.1) is 11.6 Å². The number of halogens is 3. The van der Waals surface area contributed by atoms with Crippen LogP contribution >= 0.6 is 11.6 Å². The third-order valence-corrected chi connectivity index (χ3v) is 7.56. The first kappa shape index (κ1) is 26.0. The van der Waals surface area contributed by atoms with E-state index < -0.39 is 21.7 Å². The van der Waals surface area contributed by atoms with E-state index in [-0.39, 0.29) is 39.3 Å². The number of likely N-dealkylation sites (N-methyl/N-ethyl adjacent to an activating group) is 1. The molecule has 0 radical (unpaired) electrons. The zero-order valence-electron chi connectivity index (χ0n) is 19.8. The number of rotatable bonds is 8. The van der Waals surface area contributed by atoms with Gasteiger partial charge in [0.2, 0.25) is 0 Å². The third kappa shape index (κ3) is 5.50. The Morgan fingerprint density at radius 1 is 0.972 bits per heavy atom. The van der Waals surface area contributed by atoms with Crippen molar-refractivity contribution in [3.63, 3.8) is 0 Å². The molecule has 1 heterocycles. The van der Waals surface area contributed by atoms with Gasteiger partial charge in [-0.25, -0.2) is 17.2 Å². The standard InChI is InChI=1S/C25H25ClF2N2O5S/c1-30-9-8-17(14-30)35-22-11-16(5-6-19(22)26)29-36(31,32)25-13-24(34-3)23(33-2)12-18(25)15-4-7-20(27)21(28)10-15/h4-7,10-13,17,29H,8-9,14H2,1-3H3/t17-/m1/s1. The second kappa shape index (κ2) is 10.5. The summed E-state index contributed by atoms with van der Waals surface area (Å²) >= 11 is 6.29. The van der Waals surface area contributed by atoms with Gasteiger partial charge in [-0.15, -0.1) is 0 Å². The summed E-state index contributed by atoms with van der Waals surface area (Å²) in [5, 5.41) is 0.348. The molecule has 1 saturated heterocycles. The molecule has 1 N–H and O–H groups in total. The maximum atomic E-state index is 14.0. The zero-order chi connectivity index (χ0) is 26.0. The molecule has 1 fully saturated rings. The Morgan fingerprint density at radius 2 is 1.69 bits per heavy atom. The minimum absolute atomic E-state index is 0.0646. The van der Waals surface area contributed by atoms with E-state index >= 15 is 0 Å². The molecule has 7 nitrogen and oxygen atoms in total. The molecule has 0 bridgehead atoms. The van der Waals surface area contributed by atoms with E-state index in [1.54, 1.807) is 0 Å². The van der Waals surface area contributed by atoms with Crippen molar-refractivity contribution in [1.29, 1.82) is 0 Å². The van der Waals surface area contributed by atoms with Gasteiger partial charge in [0, 0.05) is 30.8 Å². The van der Waals surface area contributed by atoms with Crippen molar-refractivity contribution in [2.24, 2.45) is 0 Å². The lowest BCUT2D eigenvalue weighted by molar-refractivity contribution is 0.208. The van der Waals surface area contributed by atoms with E-state index in [4.69, 9.17) is 25.8 Å². The van der Waals surface area contributed by atoms with Gasteiger partial charge in [-0.1, -0.05) is 17.7 Å². The van der Waals surface area contributed by atoms with E-state index in [0.717, 1.165) is 31.6 Å². The van der Waals surface area contributed by atoms with Crippen LogP contribution in [0.25, 0.3) is 11.1 Å². The molecular formula is C25H25ClF2N2O5S. The second-order valence-corrected chi connectivity index (χ2v) is 10.4. The maximum absolute atomic E-state index is 14.0. The Kier molecular flexibility index (Phi) is 7.58. The van der Waals surface area contributed by atoms with Crippen molar-refractivity contribution < 1.29 is 31.4 Å². The molecule has 0 saturated carbocycles. The van der Waals surface area contributed by atoms with Crippen LogP contribution in [0.4, 0.5) is 14.5 Å². The number of benzene rings is 3. The average Bonchev–Trinajstić information content (AvgIpc) is 3.26. The molecule has 3 aromatic carbocycles. The fraction of sp³-hybridized carbons (Fsp3) is 0.280. The molecule has 0 unspecified atom stereocenters. The Labute approximate surface area is 213 Å². The molecule has 0 spiro atoms. The Morgan fingerprint density at radius 3 is 2.33 bits per heavy atom. The van der Waals surface area contributed by atoms with Gasteiger partial charge in [0.1, 0.15) is 11.9 Å². The first-order valence-corrected chi connectivity index (χ1v) is 12.9. The SMILES string of the molecule is COc1cc(-c2ccc(F)c(F)c2)c(S(=O)(=O)Nc2ccc(Cl)c(O[C@@H]3CCN(C)C3)c2)cc1OC. The van der Waals surface area contributed by atoms with Gasteiger partial charge in [-0.3, -0.25) is 4.72 Å². The first-order chi connectivity index (χ1) is 17.1. The fourth-order valence-electron chi connectivity index (χ4n) is 4.01. The van der Waals surface area contributed by atoms with Gasteiger partial charge in [0.15, 0.2) is 23.1 Å². The number of ether oxygens (including phenoxy) is 3. The third-order valence-electron chi connectivity index (χ3n) is 5.83. The highest BCUT2D eigenvalue weighted by molar-refractivity contribution is 7.92. The number of nitrogens with zero attached hydrogens (tertiary/aromatic N) is 1. The smallest absolute Gasteiger partial charge is 0.262 e. The lowest BCUT2D eigenvalue weighted by Crippen LogP contribution is -2.21. The van der Waals surface area contributed by atoms with E-state index in [2.05, 4.69) is 9.62 Å². The number of anilines is 1. The van der Waals surface area contributed by atoms with Gasteiger partial charge < -0.3 is 19.1 Å². The molecular weight excluding hydrogens is 514 g/mol. The number of methoxy groups -OCH3 is 2. The van der Waals surface area contributed by atoms with Crippen LogP contribution in [0.1, 0.15) is 6.42 Å². The normalized spacial score (nSPS) is 16.1. The van der Waals surface area contributed by atoms with Crippen LogP contribution < -0.4 is 18.9 Å². The predicted molar refractivity (Wildman–Crippen MR) is 134 cm³/mol. The minimum Gasteiger partial charge on any atom is -0.493 e. The molecule has 3 aromatic rings. The average molecular weight is 539 g/mol. The van der Waals surface area contributed by atoms with Crippen molar-refractivity contribution in [3.8, 4) is 28.4 Å². The molecule has 192 valence electrons. The van der Waals surface area contributed by atoms with Gasteiger partial charge in [0.25, 0.3) is 10.0 Å². The molecule has 1 aliphatic heterocycles. The van der Waals surface area contributed by atoms with Crippen LogP contribution in [0.5, 0.6) is 17.2 Å². The summed E-state index contributed by atoms with van der Waals surface area (Å²) in [6.07, 6.45) is 0.761. The van der Waals surface area contributed by atoms with E-state index in [9.17, 15) is 17.2 Å². The number of hydrogen-bond donors (Lipinski definition) is 1. The van der Waals surface area contributed by atoms with Gasteiger partial charge in [0.05, 0.1) is 29.8 Å². The molecule has 0 aliphatic carbocycles. The summed E-state index contributed by atoms with van der Waals surface area (Å²) in [5.74, 6) is -1.44. The summed E-state index contributed by atoms with van der Waals surface area (Å²) in [6, 6.07) is 10.3. The number of nitrogens with one attached hydrogen (secondary N) is 1. The Bertz CT molecular complexity index is 1390. The molecule has 36 heavy (non-hydrogen) atoms. The highest BCUT2D eigenvalue weighted by Gasteiger charge is 2.26. The van der Waals surface area contributed by atoms with Gasteiger partial charge in [-0.05, 0) is 49.4 Å². The van der Waals surface area contributed by atoms with E-state index in [1.807, 2.05) is 7.05 Å². The molecule has 4 rings (SSSR count). The van der Waals surface area contributed by atoms with Crippen LogP contribution in [0.15, 0.2) is 53.4 Å². The molecule has 1 atom stereocenters. The van der Waals surface area contributed by atoms with Crippen LogP contribution in [0.3, 0.4) is 0 Å². The maximum Gasteiger partial charge on any atom is 0.262 e. The lowest BCUT2D eigenvalue weighted by Gasteiger charge is -2.18. The van der Waals surface area contributed by atoms with Crippen molar-refractivity contribution in [2.45, 2.75) is 17.4 Å². The zero-order valence-corrected chi connectivity index (χ0v) is 21.4. The summed E-state index contributed by atoms with van der Waals surface area (Å²) in [4.78, 5) is 1.91. The summed E-state index contributed by atoms with van der Waals surface area (Å²) in [6.45, 7) is 1.62. The predicted octanol–water partition coefficient (Wildman–Crippen LogP) is 5.19. The summed E-state index contributed by atoms with van der Waals surface area (Å²) in [5.41, 5.74) is 0.450. The summed E-state index contributed by atoms with van der Waals surface area (Å²) in [7, 11) is 0.491. The van der Waals surface area contributed by atoms with Crippen molar-refractivity contribution in [1.82, 2.24) is 4.90 Å². The molecule has 1 aliphatic rings. The van der Waals surface area contributed by atoms with E-state index in [0.29, 0.717) is 10.8 Å². The van der Waals surface area contributed by atoms with Crippen molar-refractivity contribution in [3.05, 3.63) is 65.2 Å². The number of hydrogen-bond acceptors (Lipinski definition) is 6. The van der Waals surface area contributed by atoms with Crippen LogP contribution in [0.2, 0.25) is 5.02 Å². The van der Waals surface area contributed by atoms with Gasteiger partial charge >= 0.3 is 0 Å². The largest absolute Gasteiger partial charge is 0.493 e. The first-order valence-electron chi connectivity index (χ1n) is 11.0. The second-order valence-electron chi connectivity index (χ2n) is 8.37. The van der Waals surface area contributed by atoms with E-state index in [1.165, 1.54) is 50.6 Å². The van der Waals surface area contributed by atoms with Gasteiger partial charge in [-0.2, -0.15) is 0 Å². The van der Waals surface area contributed by atoms with Crippen LogP contribution in [-0.4, -0.2) is 53.8 Å². The highest BCUT2D eigenvalue weighted by Crippen LogP contribution is 2.39. The lowest BCUT2D eigenvalue weighted by atomic mass is 10.0. The topological polar surface area (TPSA) is 77.1 Å². The quantitative estimate of drug-likeness (QED) is 0.425. The number of likely N-dealkylation sites (tertiary alicyclic amines) is 1. The van der Waals surface area contributed by atoms with Crippen molar-refractivity contribution >= 4 is 27.3 Å². The van der Waals surface area contributed by atoms with Crippen molar-refractivity contribution in [2.75, 3.05) is 39.1 Å². The highest BCUT2D eigenvalue weighted by atomic mass is 35.5. The Balaban J connectivity index is 1.73. The molecule has 11 heteroatoms. The number of sulfonamides is 1. The molecule has 0 aromatic heterocycles. The monoisotopic (exact) mass is 538 g/mol. The fourth-order valence-corrected chi connectivity index (χ4v) is 5.45.